The minimum absolute atomic E-state index is 0.0479. The maximum atomic E-state index is 12.9. The number of likely N-dealkylation sites (N-methyl/N-ethyl adjacent to an activating group) is 1. The molecule has 3 aromatic rings. The first-order valence-electron chi connectivity index (χ1n) is 10.4. The van der Waals surface area contributed by atoms with E-state index in [4.69, 9.17) is 0 Å². The van der Waals surface area contributed by atoms with Gasteiger partial charge in [-0.05, 0) is 44.2 Å². The smallest absolute Gasteiger partial charge is 0.270 e. The first-order chi connectivity index (χ1) is 15.2. The number of carbonyl (C=O) groups is 2. The Balaban J connectivity index is 1.84. The van der Waals surface area contributed by atoms with Gasteiger partial charge in [-0.1, -0.05) is 0 Å². The summed E-state index contributed by atoms with van der Waals surface area (Å²) in [7, 11) is 3.54. The molecule has 9 nitrogen and oxygen atoms in total. The lowest BCUT2D eigenvalue weighted by atomic mass is 10.1. The number of hydrogen-bond donors (Lipinski definition) is 1. The SMILES string of the molecule is CCN(CC)C(=O)Cn1ccc2cc(NC(=O)c3cc([N+](=O)[O-])ccc3N(C)C)ccc21. The normalized spacial score (nSPS) is 10.8. The lowest BCUT2D eigenvalue weighted by Crippen LogP contribution is -2.33. The van der Waals surface area contributed by atoms with Gasteiger partial charge in [-0.25, -0.2) is 0 Å². The number of hydrogen-bond acceptors (Lipinski definition) is 5. The summed E-state index contributed by atoms with van der Waals surface area (Å²) in [6, 6.07) is 11.5. The van der Waals surface area contributed by atoms with Gasteiger partial charge in [0, 0.05) is 67.8 Å². The van der Waals surface area contributed by atoms with Gasteiger partial charge in [0.2, 0.25) is 5.91 Å². The zero-order valence-electron chi connectivity index (χ0n) is 18.7. The summed E-state index contributed by atoms with van der Waals surface area (Å²) in [6.45, 7) is 5.48. The number of aromatic nitrogens is 1. The number of nitrogens with zero attached hydrogens (tertiary/aromatic N) is 4. The summed E-state index contributed by atoms with van der Waals surface area (Å²) < 4.78 is 1.88. The Morgan fingerprint density at radius 3 is 2.41 bits per heavy atom. The molecule has 9 heteroatoms. The Kier molecular flexibility index (Phi) is 6.77. The maximum Gasteiger partial charge on any atom is 0.270 e. The molecule has 0 unspecified atom stereocenters. The van der Waals surface area contributed by atoms with Crippen molar-refractivity contribution in [3.05, 3.63) is 64.3 Å². The Morgan fingerprint density at radius 2 is 1.78 bits per heavy atom. The van der Waals surface area contributed by atoms with Gasteiger partial charge in [-0.15, -0.1) is 0 Å². The van der Waals surface area contributed by atoms with Crippen molar-refractivity contribution in [1.29, 1.82) is 0 Å². The minimum atomic E-state index is -0.523. The molecule has 2 amide bonds. The molecule has 168 valence electrons. The molecule has 1 N–H and O–H groups in total. The molecule has 0 fully saturated rings. The van der Waals surface area contributed by atoms with Crippen molar-refractivity contribution in [2.75, 3.05) is 37.4 Å². The maximum absolute atomic E-state index is 12.9. The zero-order valence-corrected chi connectivity index (χ0v) is 18.7. The van der Waals surface area contributed by atoms with E-state index in [-0.39, 0.29) is 23.7 Å². The van der Waals surface area contributed by atoms with Crippen LogP contribution in [0.25, 0.3) is 10.9 Å². The van der Waals surface area contributed by atoms with Gasteiger partial charge in [-0.2, -0.15) is 0 Å². The van der Waals surface area contributed by atoms with E-state index in [1.54, 1.807) is 36.0 Å². The Hall–Kier alpha value is -3.88. The molecule has 0 spiro atoms. The van der Waals surface area contributed by atoms with E-state index in [1.807, 2.05) is 42.8 Å². The highest BCUT2D eigenvalue weighted by Crippen LogP contribution is 2.26. The number of carbonyl (C=O) groups excluding carboxylic acids is 2. The van der Waals surface area contributed by atoms with Crippen LogP contribution >= 0.6 is 0 Å². The minimum Gasteiger partial charge on any atom is -0.377 e. The summed E-state index contributed by atoms with van der Waals surface area (Å²) in [5, 5.41) is 14.9. The van der Waals surface area contributed by atoms with Gasteiger partial charge in [0.25, 0.3) is 11.6 Å². The van der Waals surface area contributed by atoms with Crippen molar-refractivity contribution in [2.24, 2.45) is 0 Å². The number of fused-ring (bicyclic) bond motifs is 1. The van der Waals surface area contributed by atoms with E-state index in [1.165, 1.54) is 12.1 Å². The topological polar surface area (TPSA) is 101 Å². The predicted octanol–water partition coefficient (Wildman–Crippen LogP) is 3.74. The quantitative estimate of drug-likeness (QED) is 0.427. The summed E-state index contributed by atoms with van der Waals surface area (Å²) in [4.78, 5) is 39.5. The number of nitro groups is 1. The third kappa shape index (κ3) is 4.72. The monoisotopic (exact) mass is 437 g/mol. The second kappa shape index (κ2) is 9.51. The van der Waals surface area contributed by atoms with Gasteiger partial charge in [0.05, 0.1) is 10.5 Å². The van der Waals surface area contributed by atoms with Crippen LogP contribution in [0, 0.1) is 10.1 Å². The summed E-state index contributed by atoms with van der Waals surface area (Å²) in [5.41, 5.74) is 2.09. The number of nitro benzene ring substituents is 1. The van der Waals surface area contributed by atoms with Gasteiger partial charge >= 0.3 is 0 Å². The summed E-state index contributed by atoms with van der Waals surface area (Å²) >= 11 is 0. The Bertz CT molecular complexity index is 1160. The Labute approximate surface area is 186 Å². The highest BCUT2D eigenvalue weighted by Gasteiger charge is 2.19. The lowest BCUT2D eigenvalue weighted by Gasteiger charge is -2.19. The average molecular weight is 438 g/mol. The number of rotatable bonds is 8. The summed E-state index contributed by atoms with van der Waals surface area (Å²) in [5.74, 6) is -0.389. The van der Waals surface area contributed by atoms with Crippen LogP contribution in [0.4, 0.5) is 17.1 Å². The molecule has 0 atom stereocenters. The van der Waals surface area contributed by atoms with E-state index in [0.29, 0.717) is 24.5 Å². The van der Waals surface area contributed by atoms with E-state index < -0.39 is 10.8 Å². The highest BCUT2D eigenvalue weighted by molar-refractivity contribution is 6.09. The van der Waals surface area contributed by atoms with E-state index >= 15 is 0 Å². The molecule has 1 aromatic heterocycles. The standard InChI is InChI=1S/C23H27N5O4/c1-5-26(6-2)22(29)15-27-12-11-16-13-17(7-9-20(16)27)24-23(30)19-14-18(28(31)32)8-10-21(19)25(3)4/h7-14H,5-6,15H2,1-4H3,(H,24,30). The fraction of sp³-hybridized carbons (Fsp3) is 0.304. The van der Waals surface area contributed by atoms with Crippen molar-refractivity contribution in [2.45, 2.75) is 20.4 Å². The van der Waals surface area contributed by atoms with Crippen LogP contribution in [-0.2, 0) is 11.3 Å². The van der Waals surface area contributed by atoms with Crippen LogP contribution in [0.2, 0.25) is 0 Å². The number of benzene rings is 2. The number of non-ortho nitro benzene ring substituents is 1. The van der Waals surface area contributed by atoms with Crippen LogP contribution in [0.1, 0.15) is 24.2 Å². The number of nitrogens with one attached hydrogen (secondary N) is 1. The number of amides is 2. The van der Waals surface area contributed by atoms with Crippen molar-refractivity contribution in [3.63, 3.8) is 0 Å². The summed E-state index contributed by atoms with van der Waals surface area (Å²) in [6.07, 6.45) is 1.85. The molecule has 0 aliphatic rings. The molecule has 2 aromatic carbocycles. The van der Waals surface area contributed by atoms with Crippen LogP contribution in [0.5, 0.6) is 0 Å². The lowest BCUT2D eigenvalue weighted by molar-refractivity contribution is -0.384. The molecule has 0 saturated heterocycles. The van der Waals surface area contributed by atoms with Crippen LogP contribution < -0.4 is 10.2 Å². The largest absolute Gasteiger partial charge is 0.377 e. The molecule has 1 heterocycles. The molecular formula is C23H27N5O4. The van der Waals surface area contributed by atoms with Gasteiger partial charge in [0.1, 0.15) is 6.54 Å². The van der Waals surface area contributed by atoms with Crippen molar-refractivity contribution < 1.29 is 14.5 Å². The fourth-order valence-electron chi connectivity index (χ4n) is 3.65. The van der Waals surface area contributed by atoms with Crippen molar-refractivity contribution in [1.82, 2.24) is 9.47 Å². The second-order valence-corrected chi connectivity index (χ2v) is 7.59. The third-order valence-corrected chi connectivity index (χ3v) is 5.37. The molecule has 3 rings (SSSR count). The molecule has 0 bridgehead atoms. The fourth-order valence-corrected chi connectivity index (χ4v) is 3.65. The molecule has 32 heavy (non-hydrogen) atoms. The van der Waals surface area contributed by atoms with Gasteiger partial charge in [0.15, 0.2) is 0 Å². The molecule has 0 aliphatic heterocycles. The third-order valence-electron chi connectivity index (χ3n) is 5.37. The van der Waals surface area contributed by atoms with E-state index in [9.17, 15) is 19.7 Å². The van der Waals surface area contributed by atoms with Crippen LogP contribution in [0.15, 0.2) is 48.7 Å². The van der Waals surface area contributed by atoms with E-state index in [0.717, 1.165) is 10.9 Å². The zero-order chi connectivity index (χ0) is 23.4. The van der Waals surface area contributed by atoms with Crippen molar-refractivity contribution in [3.8, 4) is 0 Å². The predicted molar refractivity (Wildman–Crippen MR) is 125 cm³/mol. The molecule has 0 radical (unpaired) electrons. The van der Waals surface area contributed by atoms with Crippen LogP contribution in [0.3, 0.4) is 0 Å². The second-order valence-electron chi connectivity index (χ2n) is 7.59. The van der Waals surface area contributed by atoms with Gasteiger partial charge < -0.3 is 19.7 Å². The van der Waals surface area contributed by atoms with Crippen LogP contribution in [-0.4, -0.2) is 53.4 Å². The molecule has 0 aliphatic carbocycles. The van der Waals surface area contributed by atoms with Gasteiger partial charge in [-0.3, -0.25) is 19.7 Å². The first-order valence-corrected chi connectivity index (χ1v) is 10.4. The van der Waals surface area contributed by atoms with Crippen molar-refractivity contribution >= 4 is 39.8 Å². The Morgan fingerprint density at radius 1 is 1.06 bits per heavy atom. The van der Waals surface area contributed by atoms with E-state index in [2.05, 4.69) is 5.32 Å². The average Bonchev–Trinajstić information content (AvgIpc) is 3.15. The highest BCUT2D eigenvalue weighted by atomic mass is 16.6. The molecular weight excluding hydrogens is 410 g/mol. The number of anilines is 2. The first kappa shape index (κ1) is 22.8. The molecule has 0 saturated carbocycles.